The van der Waals surface area contributed by atoms with Gasteiger partial charge >= 0.3 is 0 Å². The fraction of sp³-hybridized carbons (Fsp3) is 0.381. The first-order chi connectivity index (χ1) is 14.7. The van der Waals surface area contributed by atoms with Gasteiger partial charge in [-0.05, 0) is 42.5 Å². The fourth-order valence-corrected chi connectivity index (χ4v) is 5.67. The maximum Gasteiger partial charge on any atom is 0.264 e. The standard InChI is InChI=1S/C21H22N4O3S2/c26-19(16-3-1-7-25(16)20(27)17-4-2-12-29-17)22-14-5-6-15-18(13-14)30-21(23-15)24-8-10-28-11-9-24/h2,4-6,12-13,16H,1,3,7-11H2,(H,22,26)/t16-/m1/s1. The quantitative estimate of drug-likeness (QED) is 0.670. The van der Waals surface area contributed by atoms with E-state index in [1.54, 1.807) is 16.2 Å². The second-order valence-corrected chi connectivity index (χ2v) is 9.36. The third-order valence-electron chi connectivity index (χ3n) is 5.47. The van der Waals surface area contributed by atoms with Gasteiger partial charge in [-0.25, -0.2) is 4.98 Å². The minimum atomic E-state index is -0.430. The molecule has 9 heteroatoms. The van der Waals surface area contributed by atoms with Crippen LogP contribution in [0.4, 0.5) is 10.8 Å². The maximum absolute atomic E-state index is 13.0. The van der Waals surface area contributed by atoms with Crippen LogP contribution in [0.25, 0.3) is 10.2 Å². The Kier molecular flexibility index (Phi) is 5.41. The molecule has 0 saturated carbocycles. The van der Waals surface area contributed by atoms with E-state index in [9.17, 15) is 9.59 Å². The minimum absolute atomic E-state index is 0.0595. The van der Waals surface area contributed by atoms with E-state index in [-0.39, 0.29) is 11.8 Å². The van der Waals surface area contributed by atoms with Crippen molar-refractivity contribution in [2.45, 2.75) is 18.9 Å². The fourth-order valence-electron chi connectivity index (χ4n) is 3.93. The summed E-state index contributed by atoms with van der Waals surface area (Å²) < 4.78 is 6.45. The number of amides is 2. The molecule has 2 amide bonds. The topological polar surface area (TPSA) is 74.8 Å². The van der Waals surface area contributed by atoms with Gasteiger partial charge in [0.1, 0.15) is 6.04 Å². The van der Waals surface area contributed by atoms with Gasteiger partial charge in [-0.1, -0.05) is 17.4 Å². The largest absolute Gasteiger partial charge is 0.378 e. The third-order valence-corrected chi connectivity index (χ3v) is 7.41. The maximum atomic E-state index is 13.0. The molecular formula is C21H22N4O3S2. The monoisotopic (exact) mass is 442 g/mol. The number of hydrogen-bond acceptors (Lipinski definition) is 7. The van der Waals surface area contributed by atoms with Gasteiger partial charge in [0.25, 0.3) is 5.91 Å². The first-order valence-corrected chi connectivity index (χ1v) is 11.8. The first kappa shape index (κ1) is 19.5. The van der Waals surface area contributed by atoms with Crippen LogP contribution in [0, 0.1) is 0 Å². The Morgan fingerprint density at radius 2 is 2.03 bits per heavy atom. The molecule has 2 aliphatic rings. The number of likely N-dealkylation sites (tertiary alicyclic amines) is 1. The molecule has 2 fully saturated rings. The molecule has 1 atom stereocenters. The van der Waals surface area contributed by atoms with Crippen LogP contribution in [0.5, 0.6) is 0 Å². The van der Waals surface area contributed by atoms with E-state index in [1.165, 1.54) is 11.3 Å². The van der Waals surface area contributed by atoms with Crippen molar-refractivity contribution in [1.82, 2.24) is 9.88 Å². The molecular weight excluding hydrogens is 420 g/mol. The summed E-state index contributed by atoms with van der Waals surface area (Å²) >= 11 is 3.04. The van der Waals surface area contributed by atoms with Crippen LogP contribution in [-0.2, 0) is 9.53 Å². The summed E-state index contributed by atoms with van der Waals surface area (Å²) in [6.07, 6.45) is 1.53. The second-order valence-electron chi connectivity index (χ2n) is 7.40. The van der Waals surface area contributed by atoms with Crippen molar-refractivity contribution in [3.8, 4) is 0 Å². The number of hydrogen-bond donors (Lipinski definition) is 1. The number of carbonyl (C=O) groups is 2. The summed E-state index contributed by atoms with van der Waals surface area (Å²) in [6, 6.07) is 9.02. The zero-order chi connectivity index (χ0) is 20.5. The zero-order valence-corrected chi connectivity index (χ0v) is 18.0. The smallest absolute Gasteiger partial charge is 0.264 e. The summed E-state index contributed by atoms with van der Waals surface area (Å²) in [7, 11) is 0. The molecule has 5 rings (SSSR count). The van der Waals surface area contributed by atoms with Gasteiger partial charge in [0.05, 0.1) is 28.3 Å². The van der Waals surface area contributed by atoms with E-state index in [0.717, 1.165) is 53.8 Å². The number of carbonyl (C=O) groups excluding carboxylic acids is 2. The van der Waals surface area contributed by atoms with Crippen molar-refractivity contribution in [2.75, 3.05) is 43.1 Å². The van der Waals surface area contributed by atoms with Crippen molar-refractivity contribution in [3.05, 3.63) is 40.6 Å². The highest BCUT2D eigenvalue weighted by atomic mass is 32.1. The molecule has 0 aliphatic carbocycles. The van der Waals surface area contributed by atoms with E-state index in [1.807, 2.05) is 35.7 Å². The van der Waals surface area contributed by atoms with Crippen molar-refractivity contribution < 1.29 is 14.3 Å². The SMILES string of the molecule is O=C(Nc1ccc2nc(N3CCOCC3)sc2c1)[C@H]1CCCN1C(=O)c1cccs1. The predicted molar refractivity (Wildman–Crippen MR) is 120 cm³/mol. The van der Waals surface area contributed by atoms with Crippen LogP contribution in [-0.4, -0.2) is 60.6 Å². The number of nitrogens with one attached hydrogen (secondary N) is 1. The molecule has 30 heavy (non-hydrogen) atoms. The van der Waals surface area contributed by atoms with Gasteiger partial charge < -0.3 is 19.9 Å². The van der Waals surface area contributed by atoms with Crippen LogP contribution in [0.3, 0.4) is 0 Å². The molecule has 0 radical (unpaired) electrons. The Morgan fingerprint density at radius 3 is 2.83 bits per heavy atom. The highest BCUT2D eigenvalue weighted by Crippen LogP contribution is 2.31. The lowest BCUT2D eigenvalue weighted by molar-refractivity contribution is -0.119. The summed E-state index contributed by atoms with van der Waals surface area (Å²) in [5, 5.41) is 5.88. The molecule has 1 aromatic carbocycles. The molecule has 2 aromatic heterocycles. The molecule has 156 valence electrons. The number of benzene rings is 1. The van der Waals surface area contributed by atoms with Crippen molar-refractivity contribution >= 4 is 55.5 Å². The third kappa shape index (κ3) is 3.80. The Morgan fingerprint density at radius 1 is 1.17 bits per heavy atom. The van der Waals surface area contributed by atoms with Gasteiger partial charge in [-0.15, -0.1) is 11.3 Å². The van der Waals surface area contributed by atoms with Crippen molar-refractivity contribution in [2.24, 2.45) is 0 Å². The number of morpholine rings is 1. The number of nitrogens with zero attached hydrogens (tertiary/aromatic N) is 3. The van der Waals surface area contributed by atoms with E-state index in [4.69, 9.17) is 9.72 Å². The highest BCUT2D eigenvalue weighted by Gasteiger charge is 2.35. The first-order valence-electron chi connectivity index (χ1n) is 10.1. The van der Waals surface area contributed by atoms with E-state index < -0.39 is 6.04 Å². The average Bonchev–Trinajstić information content (AvgIpc) is 3.54. The Bertz CT molecular complexity index is 1060. The lowest BCUT2D eigenvalue weighted by Crippen LogP contribution is -2.42. The van der Waals surface area contributed by atoms with Crippen LogP contribution < -0.4 is 10.2 Å². The summed E-state index contributed by atoms with van der Waals surface area (Å²) in [5.41, 5.74) is 1.66. The van der Waals surface area contributed by atoms with Crippen LogP contribution in [0.15, 0.2) is 35.7 Å². The van der Waals surface area contributed by atoms with Crippen molar-refractivity contribution in [3.63, 3.8) is 0 Å². The Hall–Kier alpha value is -2.49. The van der Waals surface area contributed by atoms with Crippen LogP contribution in [0.1, 0.15) is 22.5 Å². The van der Waals surface area contributed by atoms with E-state index in [2.05, 4.69) is 10.2 Å². The summed E-state index contributed by atoms with van der Waals surface area (Å²) in [4.78, 5) is 35.0. The highest BCUT2D eigenvalue weighted by molar-refractivity contribution is 7.22. The van der Waals surface area contributed by atoms with Gasteiger partial charge in [0.15, 0.2) is 5.13 Å². The van der Waals surface area contributed by atoms with E-state index in [0.29, 0.717) is 17.8 Å². The number of aromatic nitrogens is 1. The van der Waals surface area contributed by atoms with Gasteiger partial charge in [-0.3, -0.25) is 9.59 Å². The average molecular weight is 443 g/mol. The minimum Gasteiger partial charge on any atom is -0.378 e. The summed E-state index contributed by atoms with van der Waals surface area (Å²) in [6.45, 7) is 3.75. The number of rotatable bonds is 4. The van der Waals surface area contributed by atoms with Gasteiger partial charge in [0.2, 0.25) is 5.91 Å². The molecule has 0 bridgehead atoms. The second kappa shape index (κ2) is 8.33. The van der Waals surface area contributed by atoms with E-state index >= 15 is 0 Å². The Labute approximate surface area is 182 Å². The molecule has 0 spiro atoms. The van der Waals surface area contributed by atoms with Crippen LogP contribution >= 0.6 is 22.7 Å². The molecule has 2 aliphatic heterocycles. The number of anilines is 2. The zero-order valence-electron chi connectivity index (χ0n) is 16.4. The van der Waals surface area contributed by atoms with Crippen molar-refractivity contribution in [1.29, 1.82) is 0 Å². The normalized spacial score (nSPS) is 19.4. The lowest BCUT2D eigenvalue weighted by Gasteiger charge is -2.25. The summed E-state index contributed by atoms with van der Waals surface area (Å²) in [5.74, 6) is -0.189. The number of thiazole rings is 1. The lowest BCUT2D eigenvalue weighted by atomic mass is 10.2. The Balaban J connectivity index is 1.30. The predicted octanol–water partition coefficient (Wildman–Crippen LogP) is 3.44. The molecule has 7 nitrogen and oxygen atoms in total. The van der Waals surface area contributed by atoms with Gasteiger partial charge in [-0.2, -0.15) is 0 Å². The van der Waals surface area contributed by atoms with Crippen LogP contribution in [0.2, 0.25) is 0 Å². The number of fused-ring (bicyclic) bond motifs is 1. The number of ether oxygens (including phenoxy) is 1. The molecule has 2 saturated heterocycles. The molecule has 0 unspecified atom stereocenters. The molecule has 1 N–H and O–H groups in total. The van der Waals surface area contributed by atoms with Gasteiger partial charge in [0, 0.05) is 25.3 Å². The molecule has 3 aromatic rings. The molecule has 4 heterocycles. The number of thiophene rings is 1.